The van der Waals surface area contributed by atoms with Crippen LogP contribution in [0.2, 0.25) is 0 Å². The van der Waals surface area contributed by atoms with E-state index in [0.29, 0.717) is 11.3 Å². The van der Waals surface area contributed by atoms with Crippen LogP contribution < -0.4 is 5.73 Å². The summed E-state index contributed by atoms with van der Waals surface area (Å²) in [5, 5.41) is 8.74. The Labute approximate surface area is 91.6 Å². The Morgan fingerprint density at radius 3 is 2.62 bits per heavy atom. The quantitative estimate of drug-likeness (QED) is 0.790. The molecule has 2 heterocycles. The lowest BCUT2D eigenvalue weighted by molar-refractivity contribution is 0.0690. The number of hydrogen-bond donors (Lipinski definition) is 2. The van der Waals surface area contributed by atoms with E-state index in [9.17, 15) is 4.79 Å². The van der Waals surface area contributed by atoms with Crippen molar-refractivity contribution in [1.29, 1.82) is 0 Å². The number of carbonyl (C=O) groups is 1. The van der Waals surface area contributed by atoms with Gasteiger partial charge in [-0.15, -0.1) is 0 Å². The molecular weight excluding hydrogens is 206 g/mol. The minimum absolute atomic E-state index is 0.0721. The largest absolute Gasteiger partial charge is 0.477 e. The van der Waals surface area contributed by atoms with Crippen molar-refractivity contribution in [3.05, 3.63) is 42.2 Å². The smallest absolute Gasteiger partial charge is 0.354 e. The van der Waals surface area contributed by atoms with Crippen molar-refractivity contribution < 1.29 is 9.90 Å². The molecule has 5 heteroatoms. The van der Waals surface area contributed by atoms with Gasteiger partial charge in [0.25, 0.3) is 0 Å². The molecular formula is C11H9N3O2. The first-order chi connectivity index (χ1) is 7.68. The predicted octanol–water partition coefficient (Wildman–Crippen LogP) is 1.42. The van der Waals surface area contributed by atoms with Crippen molar-refractivity contribution >= 4 is 11.8 Å². The molecule has 0 aliphatic rings. The molecule has 16 heavy (non-hydrogen) atoms. The van der Waals surface area contributed by atoms with E-state index >= 15 is 0 Å². The number of nitrogen functional groups attached to an aromatic ring is 1. The van der Waals surface area contributed by atoms with Gasteiger partial charge < -0.3 is 10.8 Å². The molecule has 0 saturated carbocycles. The van der Waals surface area contributed by atoms with Gasteiger partial charge in [-0.3, -0.25) is 4.98 Å². The van der Waals surface area contributed by atoms with Crippen LogP contribution in [0.3, 0.4) is 0 Å². The molecule has 0 spiro atoms. The fourth-order valence-electron chi connectivity index (χ4n) is 1.33. The Morgan fingerprint density at radius 2 is 2.06 bits per heavy atom. The molecule has 3 N–H and O–H groups in total. The topological polar surface area (TPSA) is 89.1 Å². The van der Waals surface area contributed by atoms with E-state index in [1.54, 1.807) is 24.4 Å². The molecule has 80 valence electrons. The minimum Gasteiger partial charge on any atom is -0.477 e. The fourth-order valence-corrected chi connectivity index (χ4v) is 1.33. The molecule has 2 aromatic rings. The lowest BCUT2D eigenvalue weighted by Gasteiger charge is -2.04. The standard InChI is InChI=1S/C11H9N3O2/c12-10-7(8-3-1-2-6-13-8)4-5-9(14-10)11(15)16/h1-6H,(H2,12,14)(H,15,16). The van der Waals surface area contributed by atoms with Gasteiger partial charge in [0.05, 0.1) is 5.69 Å². The van der Waals surface area contributed by atoms with Crippen LogP contribution in [0.4, 0.5) is 5.82 Å². The second-order valence-corrected chi connectivity index (χ2v) is 3.15. The first-order valence-corrected chi connectivity index (χ1v) is 4.59. The van der Waals surface area contributed by atoms with Crippen LogP contribution in [-0.2, 0) is 0 Å². The Bertz CT molecular complexity index is 526. The molecule has 0 radical (unpaired) electrons. The van der Waals surface area contributed by atoms with Crippen molar-refractivity contribution in [1.82, 2.24) is 9.97 Å². The lowest BCUT2D eigenvalue weighted by atomic mass is 10.1. The van der Waals surface area contributed by atoms with Gasteiger partial charge in [0, 0.05) is 11.8 Å². The number of anilines is 1. The van der Waals surface area contributed by atoms with Crippen LogP contribution in [0, 0.1) is 0 Å². The van der Waals surface area contributed by atoms with Crippen molar-refractivity contribution in [3.8, 4) is 11.3 Å². The second-order valence-electron chi connectivity index (χ2n) is 3.15. The van der Waals surface area contributed by atoms with Gasteiger partial charge >= 0.3 is 5.97 Å². The van der Waals surface area contributed by atoms with Gasteiger partial charge in [-0.05, 0) is 24.3 Å². The zero-order valence-electron chi connectivity index (χ0n) is 8.29. The lowest BCUT2D eigenvalue weighted by Crippen LogP contribution is -2.04. The number of aromatic carboxylic acids is 1. The van der Waals surface area contributed by atoms with Gasteiger partial charge in [0.2, 0.25) is 0 Å². The van der Waals surface area contributed by atoms with Crippen LogP contribution in [-0.4, -0.2) is 21.0 Å². The average Bonchev–Trinajstić information content (AvgIpc) is 2.30. The maximum Gasteiger partial charge on any atom is 0.354 e. The molecule has 0 unspecified atom stereocenters. The van der Waals surface area contributed by atoms with Crippen LogP contribution in [0.15, 0.2) is 36.5 Å². The van der Waals surface area contributed by atoms with E-state index in [1.165, 1.54) is 6.07 Å². The van der Waals surface area contributed by atoms with Gasteiger partial charge in [-0.1, -0.05) is 6.07 Å². The summed E-state index contributed by atoms with van der Waals surface area (Å²) in [7, 11) is 0. The Hall–Kier alpha value is -2.43. The maximum absolute atomic E-state index is 10.7. The summed E-state index contributed by atoms with van der Waals surface area (Å²) in [6.07, 6.45) is 1.64. The summed E-state index contributed by atoms with van der Waals surface area (Å²) in [5.41, 5.74) is 6.91. The first-order valence-electron chi connectivity index (χ1n) is 4.59. The van der Waals surface area contributed by atoms with E-state index in [1.807, 2.05) is 6.07 Å². The summed E-state index contributed by atoms with van der Waals surface area (Å²) in [4.78, 5) is 18.6. The van der Waals surface area contributed by atoms with Gasteiger partial charge in [0.1, 0.15) is 5.82 Å². The molecule has 5 nitrogen and oxygen atoms in total. The number of carboxylic acid groups (broad SMARTS) is 1. The SMILES string of the molecule is Nc1nc(C(=O)O)ccc1-c1ccccn1. The molecule has 0 bridgehead atoms. The van der Waals surface area contributed by atoms with Gasteiger partial charge in [0.15, 0.2) is 5.69 Å². The number of rotatable bonds is 2. The summed E-state index contributed by atoms with van der Waals surface area (Å²) in [6, 6.07) is 8.41. The highest BCUT2D eigenvalue weighted by Crippen LogP contribution is 2.22. The highest BCUT2D eigenvalue weighted by atomic mass is 16.4. The summed E-state index contributed by atoms with van der Waals surface area (Å²) in [6.45, 7) is 0. The van der Waals surface area contributed by atoms with Crippen LogP contribution >= 0.6 is 0 Å². The van der Waals surface area contributed by atoms with E-state index in [4.69, 9.17) is 10.8 Å². The van der Waals surface area contributed by atoms with E-state index in [0.717, 1.165) is 0 Å². The first kappa shape index (κ1) is 10.1. The number of nitrogens with zero attached hydrogens (tertiary/aromatic N) is 2. The number of pyridine rings is 2. The van der Waals surface area contributed by atoms with Crippen molar-refractivity contribution in [3.63, 3.8) is 0 Å². The van der Waals surface area contributed by atoms with Crippen molar-refractivity contribution in [2.24, 2.45) is 0 Å². The third-order valence-electron chi connectivity index (χ3n) is 2.08. The summed E-state index contributed by atoms with van der Waals surface area (Å²) >= 11 is 0. The third kappa shape index (κ3) is 1.83. The number of aromatic nitrogens is 2. The second kappa shape index (κ2) is 3.98. The van der Waals surface area contributed by atoms with E-state index in [2.05, 4.69) is 9.97 Å². The molecule has 0 aliphatic carbocycles. The van der Waals surface area contributed by atoms with E-state index < -0.39 is 5.97 Å². The third-order valence-corrected chi connectivity index (χ3v) is 2.08. The summed E-state index contributed by atoms with van der Waals surface area (Å²) in [5.74, 6) is -0.933. The van der Waals surface area contributed by atoms with Gasteiger partial charge in [-0.25, -0.2) is 9.78 Å². The number of carboxylic acids is 1. The average molecular weight is 215 g/mol. The normalized spacial score (nSPS) is 10.0. The molecule has 2 rings (SSSR count). The van der Waals surface area contributed by atoms with Crippen LogP contribution in [0.5, 0.6) is 0 Å². The molecule has 0 saturated heterocycles. The Balaban J connectivity index is 2.48. The molecule has 0 atom stereocenters. The molecule has 0 fully saturated rings. The molecule has 2 aromatic heterocycles. The number of nitrogens with two attached hydrogens (primary N) is 1. The van der Waals surface area contributed by atoms with Crippen molar-refractivity contribution in [2.45, 2.75) is 0 Å². The van der Waals surface area contributed by atoms with Crippen molar-refractivity contribution in [2.75, 3.05) is 5.73 Å². The zero-order valence-corrected chi connectivity index (χ0v) is 8.29. The van der Waals surface area contributed by atoms with E-state index in [-0.39, 0.29) is 11.5 Å². The monoisotopic (exact) mass is 215 g/mol. The van der Waals surface area contributed by atoms with Crippen LogP contribution in [0.1, 0.15) is 10.5 Å². The highest BCUT2D eigenvalue weighted by Gasteiger charge is 2.09. The maximum atomic E-state index is 10.7. The Kier molecular flexibility index (Phi) is 2.51. The minimum atomic E-state index is -1.10. The van der Waals surface area contributed by atoms with Gasteiger partial charge in [-0.2, -0.15) is 0 Å². The summed E-state index contributed by atoms with van der Waals surface area (Å²) < 4.78 is 0. The number of hydrogen-bond acceptors (Lipinski definition) is 4. The predicted molar refractivity (Wildman–Crippen MR) is 58.8 cm³/mol. The fraction of sp³-hybridized carbons (Fsp3) is 0. The molecule has 0 amide bonds. The Morgan fingerprint density at radius 1 is 1.25 bits per heavy atom. The highest BCUT2D eigenvalue weighted by molar-refractivity contribution is 5.87. The van der Waals surface area contributed by atoms with Crippen LogP contribution in [0.25, 0.3) is 11.3 Å². The molecule has 0 aromatic carbocycles. The molecule has 0 aliphatic heterocycles. The zero-order chi connectivity index (χ0) is 11.5.